The number of hydrogen-bond donors (Lipinski definition) is 0. The highest BCUT2D eigenvalue weighted by atomic mass is 28.4. The molecule has 0 bridgehead atoms. The summed E-state index contributed by atoms with van der Waals surface area (Å²) in [6, 6.07) is 1.45. The lowest BCUT2D eigenvalue weighted by Gasteiger charge is -2.45. The molecule has 1 aromatic heterocycles. The summed E-state index contributed by atoms with van der Waals surface area (Å²) >= 11 is 0. The van der Waals surface area contributed by atoms with E-state index in [1.54, 1.807) is 0 Å². The Morgan fingerprint density at radius 3 is 2.45 bits per heavy atom. The third-order valence-corrected chi connectivity index (χ3v) is 9.14. The molecule has 0 amide bonds. The van der Waals surface area contributed by atoms with Crippen LogP contribution in [0.25, 0.3) is 0 Å². The van der Waals surface area contributed by atoms with Gasteiger partial charge >= 0.3 is 0 Å². The Morgan fingerprint density at radius 1 is 1.35 bits per heavy atom. The van der Waals surface area contributed by atoms with Crippen LogP contribution in [0, 0.1) is 0 Å². The number of hydrogen-bond acceptors (Lipinski definition) is 2. The highest BCUT2D eigenvalue weighted by Gasteiger charge is 2.43. The van der Waals surface area contributed by atoms with Gasteiger partial charge in [-0.15, -0.1) is 0 Å². The molecule has 1 aromatic rings. The molecule has 1 saturated carbocycles. The second-order valence-electron chi connectivity index (χ2n) is 7.13. The molecule has 2 rings (SSSR count). The highest BCUT2D eigenvalue weighted by molar-refractivity contribution is 6.74. The predicted octanol–water partition coefficient (Wildman–Crippen LogP) is 4.55. The monoisotopic (exact) mass is 302 g/mol. The normalized spacial score (nSPS) is 24.0. The van der Waals surface area contributed by atoms with Crippen molar-refractivity contribution in [2.45, 2.75) is 70.3 Å². The minimum absolute atomic E-state index is 0.0146. The van der Waals surface area contributed by atoms with E-state index in [2.05, 4.69) is 39.0 Å². The Balaban J connectivity index is 1.94. The molecule has 6 heteroatoms. The summed E-state index contributed by atoms with van der Waals surface area (Å²) in [5, 5.41) is 4.21. The van der Waals surface area contributed by atoms with Crippen molar-refractivity contribution in [3.63, 3.8) is 0 Å². The molecule has 0 aromatic carbocycles. The van der Waals surface area contributed by atoms with E-state index in [9.17, 15) is 8.78 Å². The Bertz CT molecular complexity index is 462. The van der Waals surface area contributed by atoms with Crippen LogP contribution in [0.2, 0.25) is 18.1 Å². The summed E-state index contributed by atoms with van der Waals surface area (Å²) < 4.78 is 33.4. The summed E-state index contributed by atoms with van der Waals surface area (Å²) in [5.74, 6) is 0. The number of rotatable bonds is 4. The SMILES string of the molecule is CC(C)(C)[Si](C)(C)OC1CC(n2nccc2C(F)F)C1. The first-order valence-corrected chi connectivity index (χ1v) is 10.0. The molecule has 0 radical (unpaired) electrons. The third kappa shape index (κ3) is 2.96. The summed E-state index contributed by atoms with van der Waals surface area (Å²) in [6.45, 7) is 11.1. The van der Waals surface area contributed by atoms with Gasteiger partial charge in [-0.3, -0.25) is 4.68 Å². The van der Waals surface area contributed by atoms with Crippen LogP contribution in [0.4, 0.5) is 8.78 Å². The van der Waals surface area contributed by atoms with Crippen LogP contribution >= 0.6 is 0 Å². The van der Waals surface area contributed by atoms with Gasteiger partial charge in [0.25, 0.3) is 6.43 Å². The standard InChI is InChI=1S/C14H24F2N2OSi/c1-14(2,3)20(4,5)19-11-8-10(9-11)18-12(13(15)16)6-7-17-18/h6-7,10-11,13H,8-9H2,1-5H3. The molecule has 0 N–H and O–H groups in total. The van der Waals surface area contributed by atoms with Crippen molar-refractivity contribution in [2.24, 2.45) is 0 Å². The second kappa shape index (κ2) is 5.22. The van der Waals surface area contributed by atoms with E-state index in [4.69, 9.17) is 4.43 Å². The Labute approximate surface area is 120 Å². The summed E-state index contributed by atoms with van der Waals surface area (Å²) in [7, 11) is -1.77. The van der Waals surface area contributed by atoms with Crippen LogP contribution in [0.3, 0.4) is 0 Å². The van der Waals surface area contributed by atoms with E-state index in [1.807, 2.05) is 0 Å². The van der Waals surface area contributed by atoms with E-state index in [0.29, 0.717) is 0 Å². The van der Waals surface area contributed by atoms with Gasteiger partial charge in [0.15, 0.2) is 8.32 Å². The average Bonchev–Trinajstić information content (AvgIpc) is 2.69. The van der Waals surface area contributed by atoms with E-state index < -0.39 is 14.7 Å². The molecule has 0 unspecified atom stereocenters. The minimum Gasteiger partial charge on any atom is -0.414 e. The second-order valence-corrected chi connectivity index (χ2v) is 11.9. The fourth-order valence-electron chi connectivity index (χ4n) is 2.23. The van der Waals surface area contributed by atoms with Crippen molar-refractivity contribution in [3.8, 4) is 0 Å². The Kier molecular flexibility index (Phi) is 4.08. The van der Waals surface area contributed by atoms with Gasteiger partial charge in [0.1, 0.15) is 5.69 Å². The first kappa shape index (κ1) is 15.6. The smallest absolute Gasteiger partial charge is 0.280 e. The average molecular weight is 302 g/mol. The molecular weight excluding hydrogens is 278 g/mol. The van der Waals surface area contributed by atoms with Crippen molar-refractivity contribution in [1.29, 1.82) is 0 Å². The zero-order chi connectivity index (χ0) is 15.1. The van der Waals surface area contributed by atoms with E-state index in [1.165, 1.54) is 16.9 Å². The molecule has 1 aliphatic carbocycles. The van der Waals surface area contributed by atoms with Crippen LogP contribution < -0.4 is 0 Å². The van der Waals surface area contributed by atoms with Gasteiger partial charge in [-0.25, -0.2) is 8.78 Å². The molecule has 114 valence electrons. The highest BCUT2D eigenvalue weighted by Crippen LogP contribution is 2.43. The van der Waals surface area contributed by atoms with Gasteiger partial charge in [0, 0.05) is 12.3 Å². The molecule has 1 aliphatic rings. The maximum Gasteiger partial charge on any atom is 0.280 e. The van der Waals surface area contributed by atoms with Gasteiger partial charge < -0.3 is 4.43 Å². The molecule has 0 spiro atoms. The van der Waals surface area contributed by atoms with Crippen molar-refractivity contribution in [1.82, 2.24) is 9.78 Å². The lowest BCUT2D eigenvalue weighted by Crippen LogP contribution is -2.48. The van der Waals surface area contributed by atoms with Crippen LogP contribution in [-0.4, -0.2) is 24.2 Å². The van der Waals surface area contributed by atoms with Gasteiger partial charge in [-0.1, -0.05) is 20.8 Å². The van der Waals surface area contributed by atoms with Gasteiger partial charge in [-0.05, 0) is 37.0 Å². The van der Waals surface area contributed by atoms with E-state index in [-0.39, 0.29) is 22.9 Å². The fraction of sp³-hybridized carbons (Fsp3) is 0.786. The van der Waals surface area contributed by atoms with Crippen LogP contribution in [0.1, 0.15) is 51.8 Å². The van der Waals surface area contributed by atoms with Gasteiger partial charge in [0.05, 0.1) is 6.04 Å². The first-order chi connectivity index (χ1) is 9.12. The minimum atomic E-state index is -2.46. The lowest BCUT2D eigenvalue weighted by molar-refractivity contribution is 0.0440. The van der Waals surface area contributed by atoms with Crippen molar-refractivity contribution in [2.75, 3.05) is 0 Å². The van der Waals surface area contributed by atoms with Gasteiger partial charge in [0.2, 0.25) is 0 Å². The summed E-state index contributed by atoms with van der Waals surface area (Å²) in [4.78, 5) is 0. The summed E-state index contributed by atoms with van der Waals surface area (Å²) in [6.07, 6.45) is 0.749. The Morgan fingerprint density at radius 2 is 1.95 bits per heavy atom. The molecule has 0 aliphatic heterocycles. The molecule has 0 atom stereocenters. The zero-order valence-corrected chi connectivity index (χ0v) is 13.9. The maximum atomic E-state index is 12.8. The molecular formula is C14H24F2N2OSi. The van der Waals surface area contributed by atoms with Crippen molar-refractivity contribution < 1.29 is 13.2 Å². The third-order valence-electron chi connectivity index (χ3n) is 4.61. The van der Waals surface area contributed by atoms with Gasteiger partial charge in [-0.2, -0.15) is 5.10 Å². The lowest BCUT2D eigenvalue weighted by atomic mass is 9.89. The molecule has 1 fully saturated rings. The first-order valence-electron chi connectivity index (χ1n) is 7.11. The van der Waals surface area contributed by atoms with E-state index >= 15 is 0 Å². The fourth-order valence-corrected chi connectivity index (χ4v) is 3.61. The largest absolute Gasteiger partial charge is 0.414 e. The van der Waals surface area contributed by atoms with E-state index in [0.717, 1.165) is 12.8 Å². The molecule has 3 nitrogen and oxygen atoms in total. The van der Waals surface area contributed by atoms with Crippen LogP contribution in [0.5, 0.6) is 0 Å². The number of alkyl halides is 2. The zero-order valence-electron chi connectivity index (χ0n) is 12.9. The molecule has 20 heavy (non-hydrogen) atoms. The quantitative estimate of drug-likeness (QED) is 0.763. The molecule has 1 heterocycles. The topological polar surface area (TPSA) is 27.1 Å². The van der Waals surface area contributed by atoms with Crippen molar-refractivity contribution in [3.05, 3.63) is 18.0 Å². The predicted molar refractivity (Wildman–Crippen MR) is 77.5 cm³/mol. The van der Waals surface area contributed by atoms with Crippen LogP contribution in [-0.2, 0) is 4.43 Å². The summed E-state index contributed by atoms with van der Waals surface area (Å²) in [5.41, 5.74) is 0.0146. The van der Waals surface area contributed by atoms with Crippen molar-refractivity contribution >= 4 is 8.32 Å². The number of halogens is 2. The number of nitrogens with zero attached hydrogens (tertiary/aromatic N) is 2. The van der Waals surface area contributed by atoms with Crippen LogP contribution in [0.15, 0.2) is 12.3 Å². The number of aromatic nitrogens is 2. The Hall–Kier alpha value is -0.753. The maximum absolute atomic E-state index is 12.8. The molecule has 0 saturated heterocycles.